The summed E-state index contributed by atoms with van der Waals surface area (Å²) in [6.45, 7) is 2.24. The van der Waals surface area contributed by atoms with Crippen LogP contribution in [0.1, 0.15) is 18.5 Å². The molecule has 0 saturated carbocycles. The number of nitrogens with one attached hydrogen (secondary N) is 1. The monoisotopic (exact) mass is 497 g/mol. The van der Waals surface area contributed by atoms with E-state index < -0.39 is 40.0 Å². The first-order chi connectivity index (χ1) is 15.6. The topological polar surface area (TPSA) is 164 Å². The fourth-order valence-corrected chi connectivity index (χ4v) is 6.82. The summed E-state index contributed by atoms with van der Waals surface area (Å²) >= 11 is 1.10. The third-order valence-electron chi connectivity index (χ3n) is 6.07. The fraction of sp³-hybridized carbons (Fsp3) is 0.526. The van der Waals surface area contributed by atoms with Crippen LogP contribution < -0.4 is 11.1 Å². The first kappa shape index (κ1) is 23.3. The molecule has 0 unspecified atom stereocenters. The molecule has 4 N–H and O–H groups in total. The van der Waals surface area contributed by atoms with E-state index in [1.54, 1.807) is 0 Å². The van der Waals surface area contributed by atoms with Gasteiger partial charge in [0, 0.05) is 23.8 Å². The van der Waals surface area contributed by atoms with Crippen molar-refractivity contribution in [3.05, 3.63) is 22.3 Å². The Morgan fingerprint density at radius 1 is 1.45 bits per heavy atom. The second-order valence-electron chi connectivity index (χ2n) is 8.46. The van der Waals surface area contributed by atoms with Gasteiger partial charge in [-0.2, -0.15) is 0 Å². The molecule has 14 heteroatoms. The molecular weight excluding hydrogens is 472 g/mol. The van der Waals surface area contributed by atoms with Crippen molar-refractivity contribution in [1.29, 1.82) is 0 Å². The number of nitrogens with zero attached hydrogens (tertiary/aromatic N) is 4. The summed E-state index contributed by atoms with van der Waals surface area (Å²) in [5.74, 6) is -2.60. The molecule has 0 aromatic carbocycles. The quantitative estimate of drug-likeness (QED) is 0.188. The third-order valence-corrected chi connectivity index (χ3v) is 8.40. The zero-order valence-corrected chi connectivity index (χ0v) is 19.8. The molecule has 1 aromatic rings. The summed E-state index contributed by atoms with van der Waals surface area (Å²) in [5.41, 5.74) is 5.97. The van der Waals surface area contributed by atoms with E-state index in [0.717, 1.165) is 42.2 Å². The highest BCUT2D eigenvalue weighted by Crippen LogP contribution is 2.36. The Morgan fingerprint density at radius 3 is 2.73 bits per heavy atom. The first-order valence-electron chi connectivity index (χ1n) is 10.3. The molecule has 3 aliphatic heterocycles. The predicted molar refractivity (Wildman–Crippen MR) is 120 cm³/mol. The predicted octanol–water partition coefficient (Wildman–Crippen LogP) is -0.930. The Morgan fingerprint density at radius 2 is 2.15 bits per heavy atom. The minimum absolute atomic E-state index is 0.0396. The standard InChI is InChI=1S/C19H24N6O6S2/c1-25(5-3-4-6-25)7-10-9-33(30)17-13(16(27)24(17)14(10)18(28)29)22-15(26)12(23-31-2)11-8-32-19(20)21-11/h8,13,17H,3-7,9H2,1-2H3,(H3-,20,21,22,26,28,29)/p+1/b23-12-/t13-,17-,33-/m1/s1. The number of carboxylic acid groups (broad SMARTS) is 1. The molecule has 3 atom stereocenters. The Balaban J connectivity index is 1.57. The Kier molecular flexibility index (Phi) is 6.24. The second kappa shape index (κ2) is 8.83. The highest BCUT2D eigenvalue weighted by molar-refractivity contribution is 7.86. The Bertz CT molecular complexity index is 1090. The van der Waals surface area contributed by atoms with Gasteiger partial charge in [0.05, 0.1) is 36.7 Å². The summed E-state index contributed by atoms with van der Waals surface area (Å²) in [6.07, 6.45) is 2.09. The van der Waals surface area contributed by atoms with Crippen LogP contribution in [0.15, 0.2) is 21.8 Å². The number of aliphatic carboxylic acids is 1. The van der Waals surface area contributed by atoms with Gasteiger partial charge in [0.15, 0.2) is 10.8 Å². The average molecular weight is 498 g/mol. The van der Waals surface area contributed by atoms with Gasteiger partial charge in [-0.15, -0.1) is 11.3 Å². The van der Waals surface area contributed by atoms with Crippen molar-refractivity contribution in [1.82, 2.24) is 15.2 Å². The highest BCUT2D eigenvalue weighted by atomic mass is 32.2. The van der Waals surface area contributed by atoms with Crippen LogP contribution in [-0.2, 0) is 30.0 Å². The van der Waals surface area contributed by atoms with Gasteiger partial charge in [-0.3, -0.25) is 18.7 Å². The number of hydrogen-bond acceptors (Lipinski definition) is 9. The number of fused-ring (bicyclic) bond motifs is 1. The van der Waals surface area contributed by atoms with Gasteiger partial charge in [0.2, 0.25) is 0 Å². The normalized spacial score (nSPS) is 26.6. The van der Waals surface area contributed by atoms with E-state index in [-0.39, 0.29) is 28.0 Å². The van der Waals surface area contributed by atoms with Crippen molar-refractivity contribution in [2.75, 3.05) is 45.3 Å². The number of carbonyl (C=O) groups excluding carboxylic acids is 2. The third kappa shape index (κ3) is 4.25. The summed E-state index contributed by atoms with van der Waals surface area (Å²) in [6, 6.07) is -1.15. The van der Waals surface area contributed by atoms with Gasteiger partial charge in [0.1, 0.15) is 36.5 Å². The van der Waals surface area contributed by atoms with E-state index in [2.05, 4.69) is 15.5 Å². The van der Waals surface area contributed by atoms with Gasteiger partial charge < -0.3 is 25.5 Å². The lowest BCUT2D eigenvalue weighted by Crippen LogP contribution is -2.74. The average Bonchev–Trinajstić information content (AvgIpc) is 3.37. The Labute approximate surface area is 196 Å². The molecule has 178 valence electrons. The SMILES string of the molecule is CO/N=C(\C(=O)N[C@@H]1C(=O)N2C(C(=O)O)=C(C[N+]3(C)CCCC3)C[S@@](=O)[C@H]12)c1csc(N)n1. The lowest BCUT2D eigenvalue weighted by molar-refractivity contribution is -0.893. The molecule has 2 amide bonds. The maximum Gasteiger partial charge on any atom is 0.352 e. The fourth-order valence-electron chi connectivity index (χ4n) is 4.59. The molecule has 0 spiro atoms. The summed E-state index contributed by atoms with van der Waals surface area (Å²) in [5, 5.41) is 16.8. The number of likely N-dealkylation sites (N-methyl/N-ethyl adjacent to an activating group) is 1. The van der Waals surface area contributed by atoms with Crippen LogP contribution in [-0.4, -0.2) is 98.1 Å². The number of carbonyl (C=O) groups is 3. The van der Waals surface area contributed by atoms with E-state index >= 15 is 0 Å². The number of rotatable bonds is 7. The first-order valence-corrected chi connectivity index (χ1v) is 12.5. The van der Waals surface area contributed by atoms with Gasteiger partial charge in [-0.1, -0.05) is 5.16 Å². The molecule has 2 fully saturated rings. The number of nitrogen functional groups attached to an aromatic ring is 1. The molecule has 0 aliphatic carbocycles. The van der Waals surface area contributed by atoms with E-state index in [0.29, 0.717) is 16.6 Å². The van der Waals surface area contributed by atoms with Crippen LogP contribution in [0.3, 0.4) is 0 Å². The largest absolute Gasteiger partial charge is 0.477 e. The number of aromatic nitrogens is 1. The molecule has 3 aliphatic rings. The summed E-state index contributed by atoms with van der Waals surface area (Å²) in [4.78, 5) is 47.6. The molecule has 1 aromatic heterocycles. The van der Waals surface area contributed by atoms with Gasteiger partial charge in [-0.05, 0) is 0 Å². The van der Waals surface area contributed by atoms with E-state index in [1.807, 2.05) is 7.05 Å². The van der Waals surface area contributed by atoms with E-state index in [4.69, 9.17) is 10.6 Å². The zero-order valence-electron chi connectivity index (χ0n) is 18.1. The maximum absolute atomic E-state index is 13.1. The molecule has 12 nitrogen and oxygen atoms in total. The Hall–Kier alpha value is -2.84. The number of amides is 2. The van der Waals surface area contributed by atoms with E-state index in [1.165, 1.54) is 12.5 Å². The van der Waals surface area contributed by atoms with Crippen LogP contribution in [0.5, 0.6) is 0 Å². The minimum atomic E-state index is -1.58. The number of anilines is 1. The lowest BCUT2D eigenvalue weighted by Gasteiger charge is -2.49. The van der Waals surface area contributed by atoms with Gasteiger partial charge in [-0.25, -0.2) is 9.78 Å². The van der Waals surface area contributed by atoms with Crippen LogP contribution in [0.25, 0.3) is 0 Å². The molecule has 4 rings (SSSR count). The number of likely N-dealkylation sites (tertiary alicyclic amines) is 1. The molecular formula is C19H25N6O6S2+. The molecule has 0 bridgehead atoms. The van der Waals surface area contributed by atoms with Crippen LogP contribution in [0.2, 0.25) is 0 Å². The van der Waals surface area contributed by atoms with Crippen LogP contribution in [0, 0.1) is 0 Å². The molecule has 33 heavy (non-hydrogen) atoms. The molecule has 0 radical (unpaired) electrons. The smallest absolute Gasteiger partial charge is 0.352 e. The number of hydrogen-bond donors (Lipinski definition) is 3. The van der Waals surface area contributed by atoms with Crippen LogP contribution in [0.4, 0.5) is 5.13 Å². The minimum Gasteiger partial charge on any atom is -0.477 e. The molecule has 4 heterocycles. The number of β-lactam (4-membered cyclic amide) rings is 1. The van der Waals surface area contributed by atoms with Gasteiger partial charge >= 0.3 is 5.97 Å². The van der Waals surface area contributed by atoms with Crippen molar-refractivity contribution in [3.8, 4) is 0 Å². The summed E-state index contributed by atoms with van der Waals surface area (Å²) < 4.78 is 13.7. The molecule has 2 saturated heterocycles. The van der Waals surface area contributed by atoms with Crippen molar-refractivity contribution in [2.45, 2.75) is 24.3 Å². The maximum atomic E-state index is 13.1. The van der Waals surface area contributed by atoms with Crippen molar-refractivity contribution >= 4 is 50.8 Å². The number of carboxylic acids is 1. The van der Waals surface area contributed by atoms with Crippen LogP contribution >= 0.6 is 11.3 Å². The summed E-state index contributed by atoms with van der Waals surface area (Å²) in [7, 11) is 1.71. The van der Waals surface area contributed by atoms with Crippen molar-refractivity contribution in [3.63, 3.8) is 0 Å². The van der Waals surface area contributed by atoms with Crippen molar-refractivity contribution in [2.24, 2.45) is 5.16 Å². The lowest BCUT2D eigenvalue weighted by atomic mass is 10.0. The number of oxime groups is 1. The zero-order chi connectivity index (χ0) is 23.9. The van der Waals surface area contributed by atoms with Crippen molar-refractivity contribution < 1.29 is 33.0 Å². The van der Waals surface area contributed by atoms with E-state index in [9.17, 15) is 23.7 Å². The number of thiazole rings is 1. The number of quaternary nitrogens is 1. The second-order valence-corrected chi connectivity index (χ2v) is 10.9. The van der Waals surface area contributed by atoms with Gasteiger partial charge in [0.25, 0.3) is 11.8 Å². The highest BCUT2D eigenvalue weighted by Gasteiger charge is 2.58. The number of nitrogens with two attached hydrogens (primary N) is 1.